The number of hydrogen-bond donors (Lipinski definition) is 0. The first-order valence-corrected chi connectivity index (χ1v) is 2.01. The molecule has 1 aliphatic heterocycles. The van der Waals surface area contributed by atoms with Gasteiger partial charge in [-0.3, -0.25) is 0 Å². The maximum absolute atomic E-state index is 3.71. The lowest BCUT2D eigenvalue weighted by molar-refractivity contribution is -0.800. The third-order valence-corrected chi connectivity index (χ3v) is 0.656. The third-order valence-electron chi connectivity index (χ3n) is 0.656. The van der Waals surface area contributed by atoms with Crippen LogP contribution in [-0.2, 0) is 0 Å². The maximum atomic E-state index is 3.71. The van der Waals surface area contributed by atoms with Crippen molar-refractivity contribution in [3.05, 3.63) is 0 Å². The quantitative estimate of drug-likeness (QED) is 0.365. The molecule has 0 aromatic rings. The van der Waals surface area contributed by atoms with E-state index >= 15 is 0 Å². The van der Waals surface area contributed by atoms with Crippen LogP contribution in [0.15, 0.2) is 15.5 Å². The molecule has 0 aromatic carbocycles. The zero-order chi connectivity index (χ0) is 5.33. The van der Waals surface area contributed by atoms with Gasteiger partial charge in [0.2, 0.25) is 6.34 Å². The fraction of sp³-hybridized carbons (Fsp3) is 0.667. The molecular weight excluding hydrogens is 172 g/mol. The Labute approximate surface area is 58.2 Å². The van der Waals surface area contributed by atoms with Crippen molar-refractivity contribution in [1.29, 1.82) is 0 Å². The summed E-state index contributed by atoms with van der Waals surface area (Å²) < 4.78 is 0.417. The highest BCUT2D eigenvalue weighted by Gasteiger charge is 2.14. The van der Waals surface area contributed by atoms with Gasteiger partial charge in [-0.2, -0.15) is 0 Å². The largest absolute Gasteiger partial charge is 1.00 e. The predicted octanol–water partition coefficient (Wildman–Crippen LogP) is -2.61. The van der Waals surface area contributed by atoms with Crippen LogP contribution in [0.5, 0.6) is 0 Å². The van der Waals surface area contributed by atoms with Gasteiger partial charge in [0, 0.05) is 5.22 Å². The Balaban J connectivity index is 0.000000490. The number of quaternary nitrogens is 1. The van der Waals surface area contributed by atoms with Crippen molar-refractivity contribution in [3.8, 4) is 0 Å². The average Bonchev–Trinajstić information content (AvgIpc) is 1.84. The minimum absolute atomic E-state index is 0. The summed E-state index contributed by atoms with van der Waals surface area (Å²) in [7, 11) is 3.78. The fourth-order valence-electron chi connectivity index (χ4n) is 0.299. The second-order valence-electron chi connectivity index (χ2n) is 1.89. The molecule has 1 rings (SSSR count). The molecule has 4 nitrogen and oxygen atoms in total. The summed E-state index contributed by atoms with van der Waals surface area (Å²) in [6, 6.07) is 0. The molecule has 0 atom stereocenters. The van der Waals surface area contributed by atoms with E-state index in [4.69, 9.17) is 0 Å². The summed E-state index contributed by atoms with van der Waals surface area (Å²) in [5, 5.41) is 10.7. The molecule has 1 heterocycles. The van der Waals surface area contributed by atoms with Crippen molar-refractivity contribution in [1.82, 2.24) is 0 Å². The van der Waals surface area contributed by atoms with Crippen LogP contribution < -0.4 is 17.0 Å². The molecule has 0 radical (unpaired) electrons. The van der Waals surface area contributed by atoms with Crippen LogP contribution >= 0.6 is 0 Å². The van der Waals surface area contributed by atoms with Crippen molar-refractivity contribution in [3.63, 3.8) is 0 Å². The van der Waals surface area contributed by atoms with E-state index in [2.05, 4.69) is 15.5 Å². The normalized spacial score (nSPS) is 20.8. The number of hydrogen-bond acceptors (Lipinski definition) is 3. The summed E-state index contributed by atoms with van der Waals surface area (Å²) in [5.74, 6) is 0. The maximum Gasteiger partial charge on any atom is 0.239 e. The van der Waals surface area contributed by atoms with Crippen LogP contribution in [0.1, 0.15) is 0 Å². The Hall–Kier alpha value is -0.290. The van der Waals surface area contributed by atoms with Crippen LogP contribution in [0.3, 0.4) is 0 Å². The van der Waals surface area contributed by atoms with Gasteiger partial charge >= 0.3 is 0 Å². The first kappa shape index (κ1) is 7.71. The number of nitrogens with zero attached hydrogens (tertiary/aromatic N) is 4. The number of rotatable bonds is 0. The Morgan fingerprint density at radius 3 is 2.12 bits per heavy atom. The molecule has 0 N–H and O–H groups in total. The molecule has 0 fully saturated rings. The van der Waals surface area contributed by atoms with Crippen molar-refractivity contribution >= 4 is 6.34 Å². The summed E-state index contributed by atoms with van der Waals surface area (Å²) in [5.41, 5.74) is 0. The van der Waals surface area contributed by atoms with E-state index in [9.17, 15) is 0 Å². The molecule has 5 heteroatoms. The van der Waals surface area contributed by atoms with Gasteiger partial charge in [0.25, 0.3) is 0 Å². The fourth-order valence-corrected chi connectivity index (χ4v) is 0.299. The van der Waals surface area contributed by atoms with Crippen molar-refractivity contribution in [2.45, 2.75) is 0 Å². The minimum atomic E-state index is 0. The highest BCUT2D eigenvalue weighted by molar-refractivity contribution is 5.45. The molecule has 8 heavy (non-hydrogen) atoms. The lowest BCUT2D eigenvalue weighted by Crippen LogP contribution is -3.00. The second kappa shape index (κ2) is 2.32. The predicted molar refractivity (Wildman–Crippen MR) is 25.5 cm³/mol. The SMILES string of the molecule is C[N+]1(C)C=NN=N1.[Br-]. The van der Waals surface area contributed by atoms with Crippen LogP contribution in [0.25, 0.3) is 0 Å². The minimum Gasteiger partial charge on any atom is -1.00 e. The van der Waals surface area contributed by atoms with Gasteiger partial charge in [-0.25, -0.2) is 0 Å². The molecule has 0 aliphatic carbocycles. The summed E-state index contributed by atoms with van der Waals surface area (Å²) in [4.78, 5) is 0. The second-order valence-corrected chi connectivity index (χ2v) is 1.89. The highest BCUT2D eigenvalue weighted by Crippen LogP contribution is 2.00. The van der Waals surface area contributed by atoms with Gasteiger partial charge in [0.15, 0.2) is 0 Å². The van der Waals surface area contributed by atoms with E-state index in [1.54, 1.807) is 6.34 Å². The topological polar surface area (TPSA) is 37.1 Å². The standard InChI is InChI=1S/C3H7N4.BrH/c1-7(2)3-4-5-6-7;/h3H,1-2H3;1H/q+1;/p-1. The van der Waals surface area contributed by atoms with Crippen molar-refractivity contribution in [2.24, 2.45) is 15.5 Å². The van der Waals surface area contributed by atoms with E-state index in [-0.39, 0.29) is 17.0 Å². The van der Waals surface area contributed by atoms with E-state index < -0.39 is 0 Å². The molecule has 0 aromatic heterocycles. The molecule has 0 spiro atoms. The van der Waals surface area contributed by atoms with Crippen LogP contribution in [0.2, 0.25) is 0 Å². The van der Waals surface area contributed by atoms with Gasteiger partial charge in [-0.1, -0.05) is 5.10 Å². The highest BCUT2D eigenvalue weighted by atomic mass is 79.9. The van der Waals surface area contributed by atoms with E-state index in [1.807, 2.05) is 14.1 Å². The van der Waals surface area contributed by atoms with Gasteiger partial charge < -0.3 is 17.0 Å². The Kier molecular flexibility index (Phi) is 2.24. The van der Waals surface area contributed by atoms with Gasteiger partial charge in [-0.05, 0) is 0 Å². The van der Waals surface area contributed by atoms with Crippen molar-refractivity contribution < 1.29 is 21.6 Å². The van der Waals surface area contributed by atoms with E-state index in [1.165, 1.54) is 0 Å². The molecule has 0 unspecified atom stereocenters. The monoisotopic (exact) mass is 178 g/mol. The Morgan fingerprint density at radius 1 is 1.38 bits per heavy atom. The van der Waals surface area contributed by atoms with Crippen LogP contribution in [0.4, 0.5) is 0 Å². The van der Waals surface area contributed by atoms with Gasteiger partial charge in [0.05, 0.1) is 5.22 Å². The summed E-state index contributed by atoms with van der Waals surface area (Å²) in [6.45, 7) is 0. The smallest absolute Gasteiger partial charge is 0.239 e. The molecular formula is C3H7BrN4. The van der Waals surface area contributed by atoms with Crippen LogP contribution in [0, 0.1) is 0 Å². The molecule has 0 bridgehead atoms. The zero-order valence-corrected chi connectivity index (χ0v) is 6.33. The van der Waals surface area contributed by atoms with Crippen LogP contribution in [-0.4, -0.2) is 25.0 Å². The summed E-state index contributed by atoms with van der Waals surface area (Å²) in [6.07, 6.45) is 1.65. The first-order valence-electron chi connectivity index (χ1n) is 2.01. The zero-order valence-electron chi connectivity index (χ0n) is 4.74. The average molecular weight is 179 g/mol. The van der Waals surface area contributed by atoms with E-state index in [0.29, 0.717) is 4.59 Å². The summed E-state index contributed by atoms with van der Waals surface area (Å²) >= 11 is 0. The first-order chi connectivity index (χ1) is 3.21. The lowest BCUT2D eigenvalue weighted by atomic mass is 10.9. The third kappa shape index (κ3) is 1.67. The lowest BCUT2D eigenvalue weighted by Gasteiger charge is -2.05. The Morgan fingerprint density at radius 2 is 2.00 bits per heavy atom. The van der Waals surface area contributed by atoms with Crippen molar-refractivity contribution in [2.75, 3.05) is 14.1 Å². The Bertz CT molecular complexity index is 113. The molecule has 0 amide bonds. The number of halogens is 1. The molecule has 46 valence electrons. The van der Waals surface area contributed by atoms with E-state index in [0.717, 1.165) is 0 Å². The molecule has 0 saturated heterocycles. The van der Waals surface area contributed by atoms with Gasteiger partial charge in [-0.15, -0.1) is 4.59 Å². The van der Waals surface area contributed by atoms with Gasteiger partial charge in [0.1, 0.15) is 14.1 Å². The molecule has 0 saturated carbocycles. The molecule has 1 aliphatic rings.